The van der Waals surface area contributed by atoms with Crippen LogP contribution < -0.4 is 4.90 Å². The molecule has 1 aliphatic heterocycles. The zero-order valence-corrected chi connectivity index (χ0v) is 14.4. The molecule has 2 aromatic rings. The summed E-state index contributed by atoms with van der Waals surface area (Å²) in [4.78, 5) is 13.4. The van der Waals surface area contributed by atoms with Gasteiger partial charge >= 0.3 is 12.1 Å². The summed E-state index contributed by atoms with van der Waals surface area (Å²) in [6, 6.07) is 4.56. The van der Waals surface area contributed by atoms with Crippen LogP contribution in [0.4, 0.5) is 18.9 Å². The van der Waals surface area contributed by atoms with E-state index in [9.17, 15) is 28.2 Å². The lowest BCUT2D eigenvalue weighted by Crippen LogP contribution is -2.56. The van der Waals surface area contributed by atoms with Crippen molar-refractivity contribution in [3.05, 3.63) is 35.7 Å². The lowest BCUT2D eigenvalue weighted by molar-refractivity contribution is -0.133. The second-order valence-electron chi connectivity index (χ2n) is 5.53. The molecule has 0 amide bonds. The third-order valence-electron chi connectivity index (χ3n) is 3.99. The molecule has 2 heterocycles. The molecule has 0 fully saturated rings. The Morgan fingerprint density at radius 3 is 2.65 bits per heavy atom. The van der Waals surface area contributed by atoms with Gasteiger partial charge in [0.05, 0.1) is 11.8 Å². The van der Waals surface area contributed by atoms with Gasteiger partial charge in [-0.1, -0.05) is 0 Å². The number of aliphatic hydroxyl groups excluding tert-OH is 2. The summed E-state index contributed by atoms with van der Waals surface area (Å²) in [6.45, 7) is 0. The molecule has 1 aromatic carbocycles. The number of esters is 1. The van der Waals surface area contributed by atoms with Gasteiger partial charge in [0.25, 0.3) is 0 Å². The topological polar surface area (TPSA) is 86.1 Å². The van der Waals surface area contributed by atoms with Gasteiger partial charge in [-0.3, -0.25) is 4.90 Å². The van der Waals surface area contributed by atoms with Crippen molar-refractivity contribution in [1.29, 1.82) is 0 Å². The number of aliphatic hydroxyl groups is 2. The smallest absolute Gasteiger partial charge is 0.431 e. The van der Waals surface area contributed by atoms with Crippen LogP contribution in [0.5, 0.6) is 0 Å². The summed E-state index contributed by atoms with van der Waals surface area (Å²) in [5, 5.41) is 20.8. The minimum atomic E-state index is -4.72. The van der Waals surface area contributed by atoms with E-state index < -0.39 is 30.4 Å². The Hall–Kier alpha value is -2.37. The number of benzene rings is 1. The summed E-state index contributed by atoms with van der Waals surface area (Å²) in [7, 11) is 2.27. The van der Waals surface area contributed by atoms with E-state index >= 15 is 0 Å². The van der Waals surface area contributed by atoms with E-state index in [1.54, 1.807) is 6.07 Å². The van der Waals surface area contributed by atoms with E-state index in [1.165, 1.54) is 19.2 Å². The van der Waals surface area contributed by atoms with Gasteiger partial charge < -0.3 is 19.8 Å². The van der Waals surface area contributed by atoms with Crippen molar-refractivity contribution in [2.45, 2.75) is 18.8 Å². The highest BCUT2D eigenvalue weighted by Crippen LogP contribution is 2.36. The molecule has 7 nitrogen and oxygen atoms in total. The number of nitrogens with zero attached hydrogens (tertiary/aromatic N) is 3. The number of rotatable bonds is 2. The lowest BCUT2D eigenvalue weighted by Gasteiger charge is -2.43. The second-order valence-corrected chi connectivity index (χ2v) is 6.34. The van der Waals surface area contributed by atoms with Crippen LogP contribution >= 0.6 is 11.5 Å². The first-order chi connectivity index (χ1) is 12.1. The predicted octanol–water partition coefficient (Wildman–Crippen LogP) is 1.88. The number of ether oxygens (including phenoxy) is 1. The molecule has 140 valence electrons. The summed E-state index contributed by atoms with van der Waals surface area (Å²) in [5.74, 6) is -0.662. The van der Waals surface area contributed by atoms with Gasteiger partial charge in [0, 0.05) is 18.1 Å². The molecule has 11 heteroatoms. The van der Waals surface area contributed by atoms with E-state index in [0.717, 1.165) is 23.5 Å². The number of aromatic nitrogens is 1. The van der Waals surface area contributed by atoms with Crippen molar-refractivity contribution < 1.29 is 32.9 Å². The van der Waals surface area contributed by atoms with Gasteiger partial charge in [-0.15, -0.1) is 0 Å². The molecule has 0 saturated carbocycles. The van der Waals surface area contributed by atoms with Gasteiger partial charge in [-0.05, 0) is 35.8 Å². The molecular weight excluding hydrogens is 375 g/mol. The molecule has 0 bridgehead atoms. The average molecular weight is 389 g/mol. The fourth-order valence-corrected chi connectivity index (χ4v) is 3.44. The van der Waals surface area contributed by atoms with Gasteiger partial charge in [0.15, 0.2) is 11.9 Å². The number of anilines is 1. The van der Waals surface area contributed by atoms with Crippen LogP contribution in [0.3, 0.4) is 0 Å². The minimum absolute atomic E-state index is 0.0511. The van der Waals surface area contributed by atoms with Crippen molar-refractivity contribution in [3.63, 3.8) is 0 Å². The molecule has 2 unspecified atom stereocenters. The van der Waals surface area contributed by atoms with Crippen molar-refractivity contribution in [3.8, 4) is 0 Å². The van der Waals surface area contributed by atoms with Crippen molar-refractivity contribution >= 4 is 33.3 Å². The number of alkyl halides is 3. The van der Waals surface area contributed by atoms with Gasteiger partial charge in [-0.25, -0.2) is 4.79 Å². The molecule has 1 aromatic heterocycles. The van der Waals surface area contributed by atoms with E-state index in [2.05, 4.69) is 9.11 Å². The standard InChI is InChI=1S/C15H14F3N3O4S/c1-20-10(15(16,17)18)6-11(22)21(14(20)24)7-3-4-9-8(5-7)12(19-26-9)13(23)25-2/h3-6,11,14,22,24H,1-2H3. The summed E-state index contributed by atoms with van der Waals surface area (Å²) < 4.78 is 48.3. The van der Waals surface area contributed by atoms with Crippen LogP contribution in [0.2, 0.25) is 0 Å². The van der Waals surface area contributed by atoms with Crippen LogP contribution in [-0.4, -0.2) is 58.4 Å². The van der Waals surface area contributed by atoms with Gasteiger partial charge in [0.2, 0.25) is 6.35 Å². The molecule has 3 rings (SSSR count). The Labute approximate surface area is 149 Å². The Bertz CT molecular complexity index is 883. The van der Waals surface area contributed by atoms with Crippen LogP contribution in [0.25, 0.3) is 10.1 Å². The summed E-state index contributed by atoms with van der Waals surface area (Å²) in [5.41, 5.74) is -0.885. The molecule has 0 spiro atoms. The lowest BCUT2D eigenvalue weighted by atomic mass is 10.1. The van der Waals surface area contributed by atoms with E-state index in [4.69, 9.17) is 0 Å². The number of carbonyl (C=O) groups is 1. The molecule has 0 radical (unpaired) electrons. The predicted molar refractivity (Wildman–Crippen MR) is 87.4 cm³/mol. The molecule has 2 N–H and O–H groups in total. The highest BCUT2D eigenvalue weighted by atomic mass is 32.1. The Kier molecular flexibility index (Phi) is 4.54. The van der Waals surface area contributed by atoms with Crippen LogP contribution in [-0.2, 0) is 4.74 Å². The molecule has 0 saturated heterocycles. The minimum Gasteiger partial charge on any atom is -0.464 e. The normalized spacial score (nSPS) is 21.1. The SMILES string of the molecule is COC(=O)c1nsc2ccc(N3C(O)C=C(C(F)(F)F)N(C)C3O)cc12. The maximum Gasteiger partial charge on any atom is 0.431 e. The molecule has 2 atom stereocenters. The van der Waals surface area contributed by atoms with E-state index in [0.29, 0.717) is 21.1 Å². The molecule has 1 aliphatic rings. The first kappa shape index (κ1) is 18.4. The Morgan fingerprint density at radius 2 is 2.04 bits per heavy atom. The number of halogens is 3. The van der Waals surface area contributed by atoms with Crippen molar-refractivity contribution in [1.82, 2.24) is 9.27 Å². The van der Waals surface area contributed by atoms with Crippen molar-refractivity contribution in [2.24, 2.45) is 0 Å². The summed E-state index contributed by atoms with van der Waals surface area (Å²) >= 11 is 1.05. The van der Waals surface area contributed by atoms with Crippen LogP contribution in [0, 0.1) is 0 Å². The van der Waals surface area contributed by atoms with Gasteiger partial charge in [-0.2, -0.15) is 17.5 Å². The monoisotopic (exact) mass is 389 g/mol. The van der Waals surface area contributed by atoms with Crippen LogP contribution in [0.15, 0.2) is 30.0 Å². The maximum absolute atomic E-state index is 13.0. The number of fused-ring (bicyclic) bond motifs is 1. The molecule has 0 aliphatic carbocycles. The highest BCUT2D eigenvalue weighted by Gasteiger charge is 2.44. The highest BCUT2D eigenvalue weighted by molar-refractivity contribution is 7.13. The number of hydrogen-bond donors (Lipinski definition) is 2. The fraction of sp³-hybridized carbons (Fsp3) is 0.333. The fourth-order valence-electron chi connectivity index (χ4n) is 2.70. The Morgan fingerprint density at radius 1 is 1.35 bits per heavy atom. The largest absolute Gasteiger partial charge is 0.464 e. The van der Waals surface area contributed by atoms with Crippen molar-refractivity contribution in [2.75, 3.05) is 19.1 Å². The first-order valence-corrected chi connectivity index (χ1v) is 8.06. The number of carbonyl (C=O) groups excluding carboxylic acids is 1. The number of hydrogen-bond acceptors (Lipinski definition) is 8. The summed E-state index contributed by atoms with van der Waals surface area (Å²) in [6.07, 6.45) is -7.60. The average Bonchev–Trinajstić information content (AvgIpc) is 3.00. The third kappa shape index (κ3) is 2.97. The third-order valence-corrected chi connectivity index (χ3v) is 4.81. The second kappa shape index (κ2) is 6.41. The quantitative estimate of drug-likeness (QED) is 0.759. The van der Waals surface area contributed by atoms with Gasteiger partial charge in [0.1, 0.15) is 5.70 Å². The van der Waals surface area contributed by atoms with Crippen LogP contribution in [0.1, 0.15) is 10.5 Å². The maximum atomic E-state index is 13.0. The van der Waals surface area contributed by atoms with E-state index in [1.807, 2.05) is 0 Å². The number of methoxy groups -OCH3 is 1. The first-order valence-electron chi connectivity index (χ1n) is 7.29. The molecular formula is C15H14F3N3O4S. The van der Waals surface area contributed by atoms with E-state index in [-0.39, 0.29) is 11.4 Å². The molecule has 26 heavy (non-hydrogen) atoms. The zero-order valence-electron chi connectivity index (χ0n) is 13.6. The Balaban J connectivity index is 2.06. The zero-order chi connectivity index (χ0) is 19.2. The number of allylic oxidation sites excluding steroid dienone is 1.